The second kappa shape index (κ2) is 12.1. The van der Waals surface area contributed by atoms with Crippen molar-refractivity contribution in [1.29, 1.82) is 0 Å². The van der Waals surface area contributed by atoms with Gasteiger partial charge in [-0.15, -0.1) is 0 Å². The molecular weight excluding hydrogens is 574 g/mol. The van der Waals surface area contributed by atoms with E-state index < -0.39 is 25.2 Å². The van der Waals surface area contributed by atoms with Crippen LogP contribution in [0, 0.1) is 0 Å². The largest absolute Gasteiger partial charge is 0.409 e. The first-order valence-electron chi connectivity index (χ1n) is 15.8. The van der Waals surface area contributed by atoms with Gasteiger partial charge in [0.1, 0.15) is 0 Å². The van der Waals surface area contributed by atoms with Crippen LogP contribution in [0.1, 0.15) is 0 Å². The lowest BCUT2D eigenvalue weighted by Crippen LogP contribution is -2.55. The van der Waals surface area contributed by atoms with E-state index in [-0.39, 0.29) is 0 Å². The molecule has 0 amide bonds. The highest BCUT2D eigenvalue weighted by molar-refractivity contribution is 7.12. The predicted octanol–water partition coefficient (Wildman–Crippen LogP) is 7.64. The number of fused-ring (bicyclic) bond motifs is 4. The summed E-state index contributed by atoms with van der Waals surface area (Å²) in [6.45, 7) is -1.67. The molecule has 0 bridgehead atoms. The number of benzene rings is 8. The summed E-state index contributed by atoms with van der Waals surface area (Å²) in [5.74, 6) is -1.21. The Kier molecular flexibility index (Phi) is 7.35. The fourth-order valence-corrected chi connectivity index (χ4v) is 7.07. The van der Waals surface area contributed by atoms with Crippen LogP contribution < -0.4 is 21.9 Å². The van der Waals surface area contributed by atoms with Crippen LogP contribution in [0.25, 0.3) is 43.1 Å². The Morgan fingerprint density at radius 2 is 0.553 bits per heavy atom. The van der Waals surface area contributed by atoms with Gasteiger partial charge in [0.25, 0.3) is 11.7 Å². The molecule has 3 nitrogen and oxygen atoms in total. The number of carbonyl (C=O) groups excluding carboxylic acids is 2. The first kappa shape index (κ1) is 28.5. The Morgan fingerprint density at radius 3 is 0.830 bits per heavy atom. The highest BCUT2D eigenvalue weighted by Gasteiger charge is 2.39. The number of carbonyl (C=O) groups is 2. The molecule has 0 unspecified atom stereocenters. The minimum atomic E-state index is -0.836. The van der Waals surface area contributed by atoms with Crippen molar-refractivity contribution in [3.8, 4) is 0 Å². The van der Waals surface area contributed by atoms with Crippen LogP contribution in [0.4, 0.5) is 9.59 Å². The van der Waals surface area contributed by atoms with Crippen LogP contribution in [-0.4, -0.2) is 25.2 Å². The SMILES string of the molecule is O=C(OC(=O)B(c1cccc2ccccc12)c1cccc2ccccc12)B(c1cccc2ccccc12)c1cccc2ccccc12. The summed E-state index contributed by atoms with van der Waals surface area (Å²) in [4.78, 5) is 29.4. The van der Waals surface area contributed by atoms with Crippen molar-refractivity contribution in [2.45, 2.75) is 0 Å². The zero-order chi connectivity index (χ0) is 31.7. The second-order valence-electron chi connectivity index (χ2n) is 11.9. The van der Waals surface area contributed by atoms with E-state index in [4.69, 9.17) is 4.74 Å². The van der Waals surface area contributed by atoms with E-state index in [1.165, 1.54) is 0 Å². The van der Waals surface area contributed by atoms with E-state index >= 15 is 0 Å². The summed E-state index contributed by atoms with van der Waals surface area (Å²) in [5.41, 5.74) is 3.18. The van der Waals surface area contributed by atoms with Gasteiger partial charge in [0.15, 0.2) is 0 Å². The normalized spacial score (nSPS) is 11.1. The van der Waals surface area contributed by atoms with Crippen molar-refractivity contribution >= 4 is 90.1 Å². The average Bonchev–Trinajstić information content (AvgIpc) is 3.12. The molecule has 0 spiro atoms. The van der Waals surface area contributed by atoms with Crippen molar-refractivity contribution in [3.63, 3.8) is 0 Å². The third-order valence-corrected chi connectivity index (χ3v) is 9.21. The van der Waals surface area contributed by atoms with Crippen LogP contribution in [0.2, 0.25) is 0 Å². The van der Waals surface area contributed by atoms with Crippen LogP contribution >= 0.6 is 0 Å². The van der Waals surface area contributed by atoms with Crippen molar-refractivity contribution in [1.82, 2.24) is 0 Å². The standard InChI is InChI=1S/C42H28B2O3/c45-41(43(37-25-9-17-29-13-1-5-21-33(29)37)38-26-10-18-30-14-2-6-22-34(30)38)47-42(46)44(39-27-11-19-31-15-3-7-23-35(31)39)40-28-12-20-32-16-4-8-24-36(32)40/h1-28H. The minimum absolute atomic E-state index is 0.604. The quantitative estimate of drug-likeness (QED) is 0.145. The zero-order valence-corrected chi connectivity index (χ0v) is 25.5. The molecule has 0 N–H and O–H groups in total. The molecule has 47 heavy (non-hydrogen) atoms. The van der Waals surface area contributed by atoms with Gasteiger partial charge in [-0.05, 0) is 43.1 Å². The van der Waals surface area contributed by atoms with E-state index in [2.05, 4.69) is 0 Å². The third kappa shape index (κ3) is 5.16. The van der Waals surface area contributed by atoms with Crippen LogP contribution in [-0.2, 0) is 4.74 Å². The van der Waals surface area contributed by atoms with E-state index in [9.17, 15) is 9.59 Å². The molecule has 0 aliphatic rings. The van der Waals surface area contributed by atoms with Gasteiger partial charge < -0.3 is 4.74 Å². The maximum atomic E-state index is 14.7. The van der Waals surface area contributed by atoms with Gasteiger partial charge in [-0.1, -0.05) is 192 Å². The van der Waals surface area contributed by atoms with Crippen LogP contribution in [0.5, 0.6) is 0 Å². The summed E-state index contributed by atoms with van der Waals surface area (Å²) in [7, 11) is 0. The molecule has 5 heteroatoms. The first-order valence-corrected chi connectivity index (χ1v) is 15.8. The van der Waals surface area contributed by atoms with Crippen molar-refractivity contribution in [2.75, 3.05) is 0 Å². The molecule has 8 aromatic carbocycles. The molecule has 0 aliphatic carbocycles. The molecule has 8 aromatic rings. The fourth-order valence-electron chi connectivity index (χ4n) is 7.07. The van der Waals surface area contributed by atoms with Gasteiger partial charge in [0, 0.05) is 0 Å². The maximum Gasteiger partial charge on any atom is 0.344 e. The van der Waals surface area contributed by atoms with Crippen molar-refractivity contribution < 1.29 is 14.3 Å². The van der Waals surface area contributed by atoms with Gasteiger partial charge in [-0.2, -0.15) is 0 Å². The molecule has 0 saturated carbocycles. The topological polar surface area (TPSA) is 43.4 Å². The summed E-state index contributed by atoms with van der Waals surface area (Å²) in [6, 6.07) is 55.9. The summed E-state index contributed by atoms with van der Waals surface area (Å²) >= 11 is 0. The summed E-state index contributed by atoms with van der Waals surface area (Å²) in [5, 5.41) is 7.82. The van der Waals surface area contributed by atoms with Crippen molar-refractivity contribution in [2.24, 2.45) is 0 Å². The first-order chi connectivity index (χ1) is 23.2. The Hall–Kier alpha value is -5.93. The van der Waals surface area contributed by atoms with Gasteiger partial charge in [0.2, 0.25) is 0 Å². The highest BCUT2D eigenvalue weighted by Crippen LogP contribution is 2.19. The lowest BCUT2D eigenvalue weighted by molar-refractivity contribution is 0.183. The molecule has 0 atom stereocenters. The molecule has 0 aromatic heterocycles. The van der Waals surface area contributed by atoms with Gasteiger partial charge in [-0.3, -0.25) is 9.59 Å². The second-order valence-corrected chi connectivity index (χ2v) is 11.9. The van der Waals surface area contributed by atoms with Crippen molar-refractivity contribution in [3.05, 3.63) is 170 Å². The maximum absolute atomic E-state index is 14.7. The van der Waals surface area contributed by atoms with Gasteiger partial charge >= 0.3 is 13.4 Å². The van der Waals surface area contributed by atoms with E-state index in [1.54, 1.807) is 0 Å². The highest BCUT2D eigenvalue weighted by atomic mass is 16.6. The Labute approximate surface area is 273 Å². The predicted molar refractivity (Wildman–Crippen MR) is 198 cm³/mol. The fraction of sp³-hybridized carbons (Fsp3) is 0. The smallest absolute Gasteiger partial charge is 0.344 e. The minimum Gasteiger partial charge on any atom is -0.409 e. The molecule has 220 valence electrons. The average molecular weight is 602 g/mol. The Morgan fingerprint density at radius 1 is 0.319 bits per heavy atom. The van der Waals surface area contributed by atoms with Crippen LogP contribution in [0.3, 0.4) is 0 Å². The monoisotopic (exact) mass is 602 g/mol. The molecular formula is C42H28B2O3. The molecule has 0 fully saturated rings. The number of ether oxygens (including phenoxy) is 1. The van der Waals surface area contributed by atoms with E-state index in [0.717, 1.165) is 64.9 Å². The Bertz CT molecular complexity index is 2120. The molecule has 0 radical (unpaired) electrons. The third-order valence-electron chi connectivity index (χ3n) is 9.21. The lowest BCUT2D eigenvalue weighted by atomic mass is 9.38. The number of hydrogen-bond donors (Lipinski definition) is 0. The zero-order valence-electron chi connectivity index (χ0n) is 25.5. The van der Waals surface area contributed by atoms with E-state index in [1.807, 2.05) is 170 Å². The molecule has 0 heterocycles. The van der Waals surface area contributed by atoms with E-state index in [0.29, 0.717) is 0 Å². The summed E-state index contributed by atoms with van der Waals surface area (Å²) < 4.78 is 6.11. The molecule has 0 saturated heterocycles. The number of hydrogen-bond acceptors (Lipinski definition) is 3. The molecule has 0 aliphatic heterocycles. The lowest BCUT2D eigenvalue weighted by Gasteiger charge is -2.20. The summed E-state index contributed by atoms with van der Waals surface area (Å²) in [6.07, 6.45) is 0. The van der Waals surface area contributed by atoms with Gasteiger partial charge in [0.05, 0.1) is 0 Å². The number of rotatable bonds is 6. The van der Waals surface area contributed by atoms with Gasteiger partial charge in [-0.25, -0.2) is 0 Å². The Balaban J connectivity index is 1.30. The molecule has 8 rings (SSSR count). The van der Waals surface area contributed by atoms with Crippen LogP contribution in [0.15, 0.2) is 170 Å².